The van der Waals surface area contributed by atoms with E-state index in [4.69, 9.17) is 0 Å². The molecule has 0 amide bonds. The maximum atomic E-state index is 4.48. The Balaban J connectivity index is 0.00000161. The van der Waals surface area contributed by atoms with Gasteiger partial charge in [0, 0.05) is 30.6 Å². The normalized spacial score (nSPS) is 18.5. The number of nitrogens with zero attached hydrogens (tertiary/aromatic N) is 4. The molecule has 0 aromatic carbocycles. The first kappa shape index (κ1) is 16.7. The summed E-state index contributed by atoms with van der Waals surface area (Å²) >= 11 is 3.43. The van der Waals surface area contributed by atoms with Gasteiger partial charge in [-0.15, -0.1) is 33.9 Å². The van der Waals surface area contributed by atoms with Crippen LogP contribution in [0, 0.1) is 6.92 Å². The van der Waals surface area contributed by atoms with Gasteiger partial charge in [0.15, 0.2) is 5.16 Å². The third kappa shape index (κ3) is 3.97. The molecule has 1 fully saturated rings. The summed E-state index contributed by atoms with van der Waals surface area (Å²) < 4.78 is 2.14. The van der Waals surface area contributed by atoms with Crippen molar-refractivity contribution in [2.24, 2.45) is 7.05 Å². The Kier molecular flexibility index (Phi) is 6.04. The van der Waals surface area contributed by atoms with Gasteiger partial charge in [0.1, 0.15) is 10.8 Å². The minimum atomic E-state index is 0. The lowest BCUT2D eigenvalue weighted by Crippen LogP contribution is -2.29. The third-order valence-corrected chi connectivity index (χ3v) is 5.70. The highest BCUT2D eigenvalue weighted by Crippen LogP contribution is 2.27. The van der Waals surface area contributed by atoms with E-state index < -0.39 is 0 Å². The monoisotopic (exact) mass is 345 g/mol. The van der Waals surface area contributed by atoms with E-state index >= 15 is 0 Å². The number of hydrogen-bond donors (Lipinski definition) is 1. The lowest BCUT2D eigenvalue weighted by molar-refractivity contribution is 0.436. The van der Waals surface area contributed by atoms with Crippen LogP contribution in [0.1, 0.15) is 35.3 Å². The van der Waals surface area contributed by atoms with Gasteiger partial charge in [0.2, 0.25) is 0 Å². The van der Waals surface area contributed by atoms with Gasteiger partial charge < -0.3 is 9.88 Å². The molecule has 0 saturated carbocycles. The number of thiazole rings is 1. The summed E-state index contributed by atoms with van der Waals surface area (Å²) in [5.41, 5.74) is 1.09. The zero-order chi connectivity index (χ0) is 13.9. The number of aromatic nitrogens is 4. The molecule has 1 N–H and O–H groups in total. The van der Waals surface area contributed by atoms with Gasteiger partial charge in [0.05, 0.1) is 5.75 Å². The minimum absolute atomic E-state index is 0. The van der Waals surface area contributed by atoms with Crippen molar-refractivity contribution < 1.29 is 0 Å². The molecule has 1 aliphatic heterocycles. The Morgan fingerprint density at radius 1 is 1.48 bits per heavy atom. The number of hydrogen-bond acceptors (Lipinski definition) is 6. The first-order valence-corrected chi connectivity index (χ1v) is 8.74. The van der Waals surface area contributed by atoms with Crippen LogP contribution in [0.4, 0.5) is 0 Å². The maximum Gasteiger partial charge on any atom is 0.191 e. The molecule has 0 spiro atoms. The van der Waals surface area contributed by atoms with Gasteiger partial charge in [0.25, 0.3) is 0 Å². The molecule has 8 heteroatoms. The fourth-order valence-corrected chi connectivity index (χ4v) is 4.18. The van der Waals surface area contributed by atoms with Gasteiger partial charge in [-0.3, -0.25) is 0 Å². The van der Waals surface area contributed by atoms with Gasteiger partial charge in [-0.05, 0) is 26.3 Å². The molecule has 0 radical (unpaired) electrons. The number of rotatable bonds is 4. The minimum Gasteiger partial charge on any atom is -0.316 e. The lowest BCUT2D eigenvalue weighted by Gasteiger charge is -2.21. The zero-order valence-electron chi connectivity index (χ0n) is 12.2. The molecular formula is C13H20ClN5S2. The van der Waals surface area contributed by atoms with Crippen LogP contribution in [0.5, 0.6) is 0 Å². The molecular weight excluding hydrogens is 326 g/mol. The summed E-state index contributed by atoms with van der Waals surface area (Å²) in [4.78, 5) is 4.48. The van der Waals surface area contributed by atoms with Crippen LogP contribution < -0.4 is 5.32 Å². The van der Waals surface area contributed by atoms with E-state index in [-0.39, 0.29) is 12.4 Å². The molecule has 3 heterocycles. The summed E-state index contributed by atoms with van der Waals surface area (Å²) in [7, 11) is 2.07. The predicted molar refractivity (Wildman–Crippen MR) is 89.5 cm³/mol. The van der Waals surface area contributed by atoms with Crippen LogP contribution >= 0.6 is 35.5 Å². The second-order valence-corrected chi connectivity index (χ2v) is 7.00. The van der Waals surface area contributed by atoms with Crippen LogP contribution in [0.25, 0.3) is 0 Å². The molecule has 3 rings (SSSR count). The summed E-state index contributed by atoms with van der Waals surface area (Å²) in [6, 6.07) is 0. The topological polar surface area (TPSA) is 55.6 Å². The van der Waals surface area contributed by atoms with Crippen molar-refractivity contribution >= 4 is 35.5 Å². The Labute approximate surface area is 139 Å². The average Bonchev–Trinajstić information content (AvgIpc) is 3.04. The lowest BCUT2D eigenvalue weighted by atomic mass is 9.99. The van der Waals surface area contributed by atoms with Crippen molar-refractivity contribution in [1.29, 1.82) is 0 Å². The van der Waals surface area contributed by atoms with Crippen molar-refractivity contribution in [3.05, 3.63) is 21.9 Å². The van der Waals surface area contributed by atoms with Gasteiger partial charge in [-0.1, -0.05) is 11.8 Å². The summed E-state index contributed by atoms with van der Waals surface area (Å²) in [6.45, 7) is 4.17. The van der Waals surface area contributed by atoms with E-state index in [1.165, 1.54) is 12.8 Å². The van der Waals surface area contributed by atoms with Crippen molar-refractivity contribution in [1.82, 2.24) is 25.1 Å². The highest BCUT2D eigenvalue weighted by molar-refractivity contribution is 7.98. The van der Waals surface area contributed by atoms with E-state index in [1.807, 2.05) is 6.92 Å². The van der Waals surface area contributed by atoms with E-state index in [2.05, 4.69) is 37.5 Å². The van der Waals surface area contributed by atoms with Crippen LogP contribution in [-0.4, -0.2) is 32.8 Å². The summed E-state index contributed by atoms with van der Waals surface area (Å²) in [5.74, 6) is 2.47. The molecule has 0 bridgehead atoms. The molecule has 1 aliphatic rings. The van der Waals surface area contributed by atoms with Gasteiger partial charge >= 0.3 is 0 Å². The molecule has 5 nitrogen and oxygen atoms in total. The highest BCUT2D eigenvalue weighted by Gasteiger charge is 2.21. The first-order chi connectivity index (χ1) is 9.74. The molecule has 116 valence electrons. The number of piperidine rings is 1. The van der Waals surface area contributed by atoms with Crippen molar-refractivity contribution in [3.8, 4) is 0 Å². The fourth-order valence-electron chi connectivity index (χ4n) is 2.47. The van der Waals surface area contributed by atoms with Gasteiger partial charge in [-0.25, -0.2) is 4.98 Å². The molecule has 1 unspecified atom stereocenters. The smallest absolute Gasteiger partial charge is 0.191 e. The van der Waals surface area contributed by atoms with Gasteiger partial charge in [-0.2, -0.15) is 0 Å². The molecule has 2 aromatic rings. The van der Waals surface area contributed by atoms with Crippen molar-refractivity contribution in [3.63, 3.8) is 0 Å². The first-order valence-electron chi connectivity index (χ1n) is 6.88. The maximum absolute atomic E-state index is 4.48. The van der Waals surface area contributed by atoms with Crippen LogP contribution in [0.3, 0.4) is 0 Å². The number of halogens is 1. The van der Waals surface area contributed by atoms with Crippen LogP contribution in [0.15, 0.2) is 10.5 Å². The Bertz CT molecular complexity index is 577. The Morgan fingerprint density at radius 3 is 3.00 bits per heavy atom. The molecule has 1 atom stereocenters. The largest absolute Gasteiger partial charge is 0.316 e. The SMILES string of the molecule is Cc1csc(CSc2nnc(C3CCCNC3)n2C)n1.Cl. The number of nitrogens with one attached hydrogen (secondary N) is 1. The zero-order valence-corrected chi connectivity index (χ0v) is 14.7. The highest BCUT2D eigenvalue weighted by atomic mass is 35.5. The van der Waals surface area contributed by atoms with E-state index in [0.717, 1.165) is 40.5 Å². The average molecular weight is 346 g/mol. The van der Waals surface area contributed by atoms with E-state index in [1.54, 1.807) is 23.1 Å². The standard InChI is InChI=1S/C13H19N5S2.ClH/c1-9-7-19-11(15-9)8-20-13-17-16-12(18(13)2)10-4-3-5-14-6-10;/h7,10,14H,3-6,8H2,1-2H3;1H. The molecule has 0 aliphatic carbocycles. The van der Waals surface area contributed by atoms with Crippen molar-refractivity contribution in [2.75, 3.05) is 13.1 Å². The molecule has 21 heavy (non-hydrogen) atoms. The number of thioether (sulfide) groups is 1. The Hall–Kier alpha value is -0.630. The summed E-state index contributed by atoms with van der Waals surface area (Å²) in [6.07, 6.45) is 2.42. The van der Waals surface area contributed by atoms with Crippen molar-refractivity contribution in [2.45, 2.75) is 36.6 Å². The van der Waals surface area contributed by atoms with Crippen LogP contribution in [-0.2, 0) is 12.8 Å². The fraction of sp³-hybridized carbons (Fsp3) is 0.615. The molecule has 2 aromatic heterocycles. The van der Waals surface area contributed by atoms with E-state index in [0.29, 0.717) is 5.92 Å². The number of aryl methyl sites for hydroxylation is 1. The Morgan fingerprint density at radius 2 is 2.33 bits per heavy atom. The quantitative estimate of drug-likeness (QED) is 0.863. The van der Waals surface area contributed by atoms with Crippen LogP contribution in [0.2, 0.25) is 0 Å². The van der Waals surface area contributed by atoms with E-state index in [9.17, 15) is 0 Å². The third-order valence-electron chi connectivity index (χ3n) is 3.52. The second-order valence-electron chi connectivity index (χ2n) is 5.11. The summed E-state index contributed by atoms with van der Waals surface area (Å²) in [5, 5.41) is 16.4. The predicted octanol–water partition coefficient (Wildman–Crippen LogP) is 2.76. The molecule has 1 saturated heterocycles. The second kappa shape index (κ2) is 7.58.